The van der Waals surface area contributed by atoms with Gasteiger partial charge in [-0.2, -0.15) is 0 Å². The first-order chi connectivity index (χ1) is 14.2. The lowest BCUT2D eigenvalue weighted by Gasteiger charge is -2.31. The molecule has 1 fully saturated rings. The highest BCUT2D eigenvalue weighted by Gasteiger charge is 2.44. The van der Waals surface area contributed by atoms with E-state index in [0.29, 0.717) is 12.5 Å². The monoisotopic (exact) mass is 502 g/mol. The molecule has 1 N–H and O–H groups in total. The molecule has 0 amide bonds. The standard InChI is InChI=1S/C23H30N2O4S.2ClH/c1-23(22(26)29-2,30(3,27)28)12-15-25-13-10-21(11-14-25)20-8-6-18(7-9-20)4-5-19-16-24-17-19;;/h6-10,19,24H,11-17H2,1-3H3;2*1H. The summed E-state index contributed by atoms with van der Waals surface area (Å²) in [5.74, 6) is 6.29. The number of nitrogens with zero attached hydrogens (tertiary/aromatic N) is 1. The van der Waals surface area contributed by atoms with E-state index in [1.54, 1.807) is 0 Å². The molecule has 0 saturated carbocycles. The van der Waals surface area contributed by atoms with Crippen LogP contribution in [-0.4, -0.2) is 70.1 Å². The van der Waals surface area contributed by atoms with Crippen LogP contribution in [0.15, 0.2) is 30.3 Å². The zero-order valence-electron chi connectivity index (χ0n) is 18.7. The number of hydrogen-bond donors (Lipinski definition) is 1. The maximum atomic E-state index is 12.2. The molecule has 1 aromatic rings. The first kappa shape index (κ1) is 28.5. The molecule has 6 nitrogen and oxygen atoms in total. The van der Waals surface area contributed by atoms with Gasteiger partial charge in [-0.3, -0.25) is 9.69 Å². The number of rotatable bonds is 6. The molecule has 0 radical (unpaired) electrons. The molecule has 1 atom stereocenters. The van der Waals surface area contributed by atoms with Crippen molar-refractivity contribution in [3.05, 3.63) is 41.5 Å². The third-order valence-corrected chi connectivity index (χ3v) is 8.10. The lowest BCUT2D eigenvalue weighted by Crippen LogP contribution is -2.46. The Kier molecular flexibility index (Phi) is 10.7. The molecule has 2 heterocycles. The van der Waals surface area contributed by atoms with E-state index in [9.17, 15) is 13.2 Å². The van der Waals surface area contributed by atoms with Crippen molar-refractivity contribution in [1.82, 2.24) is 10.2 Å². The Hall–Kier alpha value is -1.56. The maximum Gasteiger partial charge on any atom is 0.326 e. The van der Waals surface area contributed by atoms with Crippen LogP contribution >= 0.6 is 24.8 Å². The third kappa shape index (κ3) is 6.72. The van der Waals surface area contributed by atoms with E-state index in [-0.39, 0.29) is 31.2 Å². The van der Waals surface area contributed by atoms with E-state index < -0.39 is 20.6 Å². The zero-order valence-corrected chi connectivity index (χ0v) is 21.2. The number of halogens is 2. The number of methoxy groups -OCH3 is 1. The second kappa shape index (κ2) is 12.1. The predicted molar refractivity (Wildman–Crippen MR) is 133 cm³/mol. The van der Waals surface area contributed by atoms with E-state index >= 15 is 0 Å². The summed E-state index contributed by atoms with van der Waals surface area (Å²) in [7, 11) is -2.35. The number of ether oxygens (including phenoxy) is 1. The van der Waals surface area contributed by atoms with Gasteiger partial charge in [0.2, 0.25) is 0 Å². The highest BCUT2D eigenvalue weighted by Crippen LogP contribution is 2.26. The molecule has 2 aliphatic rings. The van der Waals surface area contributed by atoms with Crippen molar-refractivity contribution in [2.24, 2.45) is 5.92 Å². The van der Waals surface area contributed by atoms with Crippen molar-refractivity contribution in [3.63, 3.8) is 0 Å². The van der Waals surface area contributed by atoms with Gasteiger partial charge < -0.3 is 10.1 Å². The smallest absolute Gasteiger partial charge is 0.326 e. The van der Waals surface area contributed by atoms with Gasteiger partial charge in [0.1, 0.15) is 0 Å². The Bertz CT molecular complexity index is 979. The van der Waals surface area contributed by atoms with Gasteiger partial charge in [-0.25, -0.2) is 8.42 Å². The molecule has 3 rings (SSSR count). The summed E-state index contributed by atoms with van der Waals surface area (Å²) < 4.78 is 27.5. The van der Waals surface area contributed by atoms with E-state index in [2.05, 4.69) is 52.4 Å². The fourth-order valence-electron chi connectivity index (χ4n) is 3.55. The molecule has 9 heteroatoms. The Morgan fingerprint density at radius 1 is 1.25 bits per heavy atom. The Morgan fingerprint density at radius 2 is 1.91 bits per heavy atom. The van der Waals surface area contributed by atoms with Crippen molar-refractivity contribution in [2.45, 2.75) is 24.5 Å². The molecular weight excluding hydrogens is 471 g/mol. The summed E-state index contributed by atoms with van der Waals surface area (Å²) in [5.41, 5.74) is 3.51. The molecule has 2 aliphatic heterocycles. The molecular formula is C23H32Cl2N2O4S. The lowest BCUT2D eigenvalue weighted by atomic mass is 9.97. The fraction of sp³-hybridized carbons (Fsp3) is 0.522. The topological polar surface area (TPSA) is 75.7 Å². The highest BCUT2D eigenvalue weighted by molar-refractivity contribution is 7.92. The summed E-state index contributed by atoms with van der Waals surface area (Å²) in [6.07, 6.45) is 4.37. The first-order valence-corrected chi connectivity index (χ1v) is 12.1. The van der Waals surface area contributed by atoms with Crippen molar-refractivity contribution in [1.29, 1.82) is 0 Å². The van der Waals surface area contributed by atoms with Gasteiger partial charge in [-0.15, -0.1) is 24.8 Å². The number of hydrogen-bond acceptors (Lipinski definition) is 6. The van der Waals surface area contributed by atoms with Crippen LogP contribution in [0.1, 0.15) is 30.9 Å². The molecule has 1 aromatic carbocycles. The quantitative estimate of drug-likeness (QED) is 0.475. The number of sulfone groups is 1. The summed E-state index contributed by atoms with van der Waals surface area (Å²) in [5, 5.41) is 3.22. The minimum absolute atomic E-state index is 0. The van der Waals surface area contributed by atoms with Crippen LogP contribution in [0.25, 0.3) is 5.57 Å². The van der Waals surface area contributed by atoms with Crippen molar-refractivity contribution in [3.8, 4) is 11.8 Å². The molecule has 0 bridgehead atoms. The molecule has 178 valence electrons. The Labute approximate surface area is 203 Å². The number of esters is 1. The van der Waals surface area contributed by atoms with Gasteiger partial charge in [-0.05, 0) is 43.0 Å². The summed E-state index contributed by atoms with van der Waals surface area (Å²) in [4.78, 5) is 14.2. The lowest BCUT2D eigenvalue weighted by molar-refractivity contribution is -0.143. The maximum absolute atomic E-state index is 12.2. The van der Waals surface area contributed by atoms with Crippen molar-refractivity contribution >= 4 is 46.2 Å². The summed E-state index contributed by atoms with van der Waals surface area (Å²) in [6, 6.07) is 8.36. The van der Waals surface area contributed by atoms with Crippen LogP contribution in [0.5, 0.6) is 0 Å². The number of benzene rings is 1. The van der Waals surface area contributed by atoms with Crippen LogP contribution in [0, 0.1) is 17.8 Å². The van der Waals surface area contributed by atoms with Gasteiger partial charge in [0.05, 0.1) is 7.11 Å². The molecule has 1 unspecified atom stereocenters. The largest absolute Gasteiger partial charge is 0.468 e. The van der Waals surface area contributed by atoms with Crippen molar-refractivity contribution < 1.29 is 17.9 Å². The zero-order chi connectivity index (χ0) is 21.8. The second-order valence-electron chi connectivity index (χ2n) is 8.23. The van der Waals surface area contributed by atoms with Crippen molar-refractivity contribution in [2.75, 3.05) is 46.1 Å². The molecule has 0 aliphatic carbocycles. The van der Waals surface area contributed by atoms with Gasteiger partial charge in [-0.1, -0.05) is 30.0 Å². The van der Waals surface area contributed by atoms with E-state index in [0.717, 1.165) is 44.4 Å². The van der Waals surface area contributed by atoms with E-state index in [1.807, 2.05) is 0 Å². The van der Waals surface area contributed by atoms with Gasteiger partial charge in [0.25, 0.3) is 0 Å². The number of carbonyl (C=O) groups is 1. The van der Waals surface area contributed by atoms with Crippen LogP contribution < -0.4 is 5.32 Å². The summed E-state index contributed by atoms with van der Waals surface area (Å²) >= 11 is 0. The van der Waals surface area contributed by atoms with Gasteiger partial charge in [0.15, 0.2) is 14.6 Å². The normalized spacial score (nSPS) is 18.4. The average Bonchev–Trinajstić information content (AvgIpc) is 2.70. The molecule has 0 spiro atoms. The SMILES string of the molecule is COC(=O)C(C)(CCN1CC=C(c2ccc(C#CC3CNC3)cc2)CC1)S(C)(=O)=O.Cl.Cl. The predicted octanol–water partition coefficient (Wildman–Crippen LogP) is 2.56. The molecule has 32 heavy (non-hydrogen) atoms. The first-order valence-electron chi connectivity index (χ1n) is 10.2. The average molecular weight is 503 g/mol. The van der Waals surface area contributed by atoms with Gasteiger partial charge >= 0.3 is 5.97 Å². The van der Waals surface area contributed by atoms with Crippen LogP contribution in [0.2, 0.25) is 0 Å². The molecule has 1 saturated heterocycles. The molecule has 0 aromatic heterocycles. The highest BCUT2D eigenvalue weighted by atomic mass is 35.5. The van der Waals surface area contributed by atoms with E-state index in [1.165, 1.54) is 25.2 Å². The number of nitrogens with one attached hydrogen (secondary N) is 1. The van der Waals surface area contributed by atoms with Crippen LogP contribution in [0.3, 0.4) is 0 Å². The van der Waals surface area contributed by atoms with Crippen LogP contribution in [-0.2, 0) is 19.4 Å². The van der Waals surface area contributed by atoms with E-state index in [4.69, 9.17) is 4.74 Å². The Morgan fingerprint density at radius 3 is 2.38 bits per heavy atom. The second-order valence-corrected chi connectivity index (χ2v) is 10.7. The minimum Gasteiger partial charge on any atom is -0.468 e. The number of carbonyl (C=O) groups excluding carboxylic acids is 1. The fourth-order valence-corrected chi connectivity index (χ4v) is 4.39. The minimum atomic E-state index is -3.57. The Balaban J connectivity index is 0.00000256. The van der Waals surface area contributed by atoms with Crippen LogP contribution in [0.4, 0.5) is 0 Å². The van der Waals surface area contributed by atoms with Gasteiger partial charge in [0, 0.05) is 50.5 Å². The summed E-state index contributed by atoms with van der Waals surface area (Å²) in [6.45, 7) is 5.49. The third-order valence-electron chi connectivity index (χ3n) is 6.09.